The first-order valence-electron chi connectivity index (χ1n) is 7.48. The smallest absolute Gasteiger partial charge is 0.253 e. The summed E-state index contributed by atoms with van der Waals surface area (Å²) < 4.78 is 8.42. The van der Waals surface area contributed by atoms with Crippen LogP contribution in [0.2, 0.25) is 0 Å². The Labute approximate surface area is 146 Å². The van der Waals surface area contributed by atoms with Gasteiger partial charge < -0.3 is 4.90 Å². The van der Waals surface area contributed by atoms with Gasteiger partial charge in [-0.25, -0.2) is 0 Å². The summed E-state index contributed by atoms with van der Waals surface area (Å²) in [6.07, 6.45) is 1.01. The van der Waals surface area contributed by atoms with Crippen LogP contribution in [-0.4, -0.2) is 38.4 Å². The Morgan fingerprint density at radius 2 is 2.09 bits per heavy atom. The summed E-state index contributed by atoms with van der Waals surface area (Å²) >= 11 is 4.95. The largest absolute Gasteiger partial charge is 0.338 e. The number of amides is 1. The monoisotopic (exact) mass is 361 g/mol. The average molecular weight is 362 g/mol. The van der Waals surface area contributed by atoms with E-state index in [1.807, 2.05) is 46.2 Å². The molecule has 0 spiro atoms. The molecule has 2 aromatic heterocycles. The molecule has 1 saturated heterocycles. The van der Waals surface area contributed by atoms with Crippen LogP contribution in [0, 0.1) is 0 Å². The van der Waals surface area contributed by atoms with Crippen LogP contribution in [0.3, 0.4) is 0 Å². The van der Waals surface area contributed by atoms with Gasteiger partial charge in [0.15, 0.2) is 0 Å². The van der Waals surface area contributed by atoms with Crippen LogP contribution in [0.5, 0.6) is 0 Å². The van der Waals surface area contributed by atoms with E-state index in [1.165, 1.54) is 16.6 Å². The van der Waals surface area contributed by atoms with E-state index in [9.17, 15) is 4.79 Å². The van der Waals surface area contributed by atoms with Crippen molar-refractivity contribution in [1.82, 2.24) is 13.6 Å². The Balaban J connectivity index is 1.50. The van der Waals surface area contributed by atoms with Crippen molar-refractivity contribution in [2.75, 3.05) is 18.8 Å². The highest BCUT2D eigenvalue weighted by Crippen LogP contribution is 2.36. The van der Waals surface area contributed by atoms with Crippen LogP contribution >= 0.6 is 34.8 Å². The molecule has 1 fully saturated rings. The van der Waals surface area contributed by atoms with Gasteiger partial charge in [-0.1, -0.05) is 6.07 Å². The van der Waals surface area contributed by atoms with Crippen LogP contribution in [0.4, 0.5) is 0 Å². The molecule has 4 rings (SSSR count). The van der Waals surface area contributed by atoms with Gasteiger partial charge in [-0.2, -0.15) is 20.5 Å². The lowest BCUT2D eigenvalue weighted by molar-refractivity contribution is 0.0767. The number of nitrogens with zero attached hydrogens (tertiary/aromatic N) is 3. The lowest BCUT2D eigenvalue weighted by Gasteiger charge is -2.20. The Morgan fingerprint density at radius 1 is 1.17 bits per heavy atom. The zero-order valence-electron chi connectivity index (χ0n) is 12.3. The molecule has 1 atom stereocenters. The summed E-state index contributed by atoms with van der Waals surface area (Å²) in [5, 5.41) is 2.64. The fraction of sp³-hybridized carbons (Fsp3) is 0.312. The van der Waals surface area contributed by atoms with E-state index >= 15 is 0 Å². The van der Waals surface area contributed by atoms with Gasteiger partial charge in [0, 0.05) is 34.5 Å². The molecule has 0 N–H and O–H groups in total. The molecule has 1 aliphatic heterocycles. The van der Waals surface area contributed by atoms with Crippen LogP contribution in [-0.2, 0) is 0 Å². The molecule has 1 aliphatic rings. The van der Waals surface area contributed by atoms with Crippen LogP contribution in [0.25, 0.3) is 11.0 Å². The molecule has 0 unspecified atom stereocenters. The highest BCUT2D eigenvalue weighted by atomic mass is 32.2. The molecule has 0 aliphatic carbocycles. The van der Waals surface area contributed by atoms with Crippen molar-refractivity contribution in [1.29, 1.82) is 0 Å². The normalized spacial score (nSPS) is 19.0. The van der Waals surface area contributed by atoms with E-state index in [4.69, 9.17) is 0 Å². The number of hydrogen-bond acceptors (Lipinski definition) is 6. The standard InChI is InChI=1S/C16H15N3OS3/c20-16(11-3-4-12-13(10-11)18-23-17-12)19-6-5-15(22-9-7-19)14-2-1-8-21-14/h1-4,8,10,15H,5-7,9H2/t15-/m1/s1. The van der Waals surface area contributed by atoms with Crippen LogP contribution < -0.4 is 0 Å². The second kappa shape index (κ2) is 6.59. The first kappa shape index (κ1) is 15.1. The molecular formula is C16H15N3OS3. The van der Waals surface area contributed by atoms with E-state index < -0.39 is 0 Å². The topological polar surface area (TPSA) is 46.1 Å². The summed E-state index contributed by atoms with van der Waals surface area (Å²) in [5.41, 5.74) is 2.38. The molecule has 1 amide bonds. The number of rotatable bonds is 2. The van der Waals surface area contributed by atoms with Crippen molar-refractivity contribution in [2.24, 2.45) is 0 Å². The van der Waals surface area contributed by atoms with Crippen molar-refractivity contribution in [3.63, 3.8) is 0 Å². The molecule has 0 saturated carbocycles. The van der Waals surface area contributed by atoms with Gasteiger partial charge in [0.1, 0.15) is 11.0 Å². The van der Waals surface area contributed by atoms with Crippen molar-refractivity contribution in [2.45, 2.75) is 11.7 Å². The van der Waals surface area contributed by atoms with E-state index in [2.05, 4.69) is 26.3 Å². The maximum absolute atomic E-state index is 12.8. The predicted molar refractivity (Wildman–Crippen MR) is 97.5 cm³/mol. The van der Waals surface area contributed by atoms with Gasteiger partial charge >= 0.3 is 0 Å². The van der Waals surface area contributed by atoms with Gasteiger partial charge in [0.05, 0.1) is 11.7 Å². The van der Waals surface area contributed by atoms with Gasteiger partial charge in [0.2, 0.25) is 0 Å². The Bertz CT molecular complexity index is 815. The maximum Gasteiger partial charge on any atom is 0.253 e. The highest BCUT2D eigenvalue weighted by molar-refractivity contribution is 7.99. The molecule has 23 heavy (non-hydrogen) atoms. The third-order valence-electron chi connectivity index (χ3n) is 3.99. The van der Waals surface area contributed by atoms with Crippen LogP contribution in [0.15, 0.2) is 35.7 Å². The fourth-order valence-corrected chi connectivity index (χ4v) is 5.53. The van der Waals surface area contributed by atoms with E-state index in [-0.39, 0.29) is 5.91 Å². The summed E-state index contributed by atoms with van der Waals surface area (Å²) in [5.74, 6) is 1.08. The van der Waals surface area contributed by atoms with Crippen molar-refractivity contribution >= 4 is 51.8 Å². The van der Waals surface area contributed by atoms with Crippen LogP contribution in [0.1, 0.15) is 26.9 Å². The summed E-state index contributed by atoms with van der Waals surface area (Å²) in [4.78, 5) is 16.2. The first-order valence-corrected chi connectivity index (χ1v) is 10.1. The average Bonchev–Trinajstić information content (AvgIpc) is 3.21. The molecule has 3 heterocycles. The minimum absolute atomic E-state index is 0.104. The fourth-order valence-electron chi connectivity index (χ4n) is 2.77. The SMILES string of the molecule is O=C(c1ccc2nsnc2c1)N1CCS[C@@H](c2cccs2)CC1. The van der Waals surface area contributed by atoms with Gasteiger partial charge in [-0.15, -0.1) is 11.3 Å². The summed E-state index contributed by atoms with van der Waals surface area (Å²) in [6.45, 7) is 1.61. The Morgan fingerprint density at radius 3 is 2.96 bits per heavy atom. The number of fused-ring (bicyclic) bond motifs is 1. The van der Waals surface area contributed by atoms with Gasteiger partial charge in [-0.3, -0.25) is 4.79 Å². The quantitative estimate of drug-likeness (QED) is 0.690. The highest BCUT2D eigenvalue weighted by Gasteiger charge is 2.23. The Kier molecular flexibility index (Phi) is 4.33. The third kappa shape index (κ3) is 3.13. The zero-order valence-corrected chi connectivity index (χ0v) is 14.8. The molecule has 0 radical (unpaired) electrons. The number of benzene rings is 1. The van der Waals surface area contributed by atoms with E-state index in [0.717, 1.165) is 36.3 Å². The first-order chi connectivity index (χ1) is 11.3. The Hall–Kier alpha value is -1.44. The minimum Gasteiger partial charge on any atom is -0.338 e. The number of aromatic nitrogens is 2. The molecule has 3 aromatic rings. The number of carbonyl (C=O) groups excluding carboxylic acids is 1. The lowest BCUT2D eigenvalue weighted by atomic mass is 10.1. The van der Waals surface area contributed by atoms with Gasteiger partial charge in [0.25, 0.3) is 5.91 Å². The van der Waals surface area contributed by atoms with Crippen molar-refractivity contribution < 1.29 is 4.79 Å². The predicted octanol–water partition coefficient (Wildman–Crippen LogP) is 4.07. The van der Waals surface area contributed by atoms with Gasteiger partial charge in [-0.05, 0) is 36.1 Å². The number of hydrogen-bond donors (Lipinski definition) is 0. The summed E-state index contributed by atoms with van der Waals surface area (Å²) in [7, 11) is 0. The van der Waals surface area contributed by atoms with E-state index in [0.29, 0.717) is 10.8 Å². The zero-order chi connectivity index (χ0) is 15.6. The second-order valence-corrected chi connectivity index (χ2v) is 8.24. The molecule has 4 nitrogen and oxygen atoms in total. The number of thiophene rings is 1. The van der Waals surface area contributed by atoms with E-state index in [1.54, 1.807) is 0 Å². The van der Waals surface area contributed by atoms with Crippen molar-refractivity contribution in [3.05, 3.63) is 46.2 Å². The molecule has 0 bridgehead atoms. The second-order valence-electron chi connectivity index (χ2n) is 5.42. The van der Waals surface area contributed by atoms with Crippen molar-refractivity contribution in [3.8, 4) is 0 Å². The number of carbonyl (C=O) groups is 1. The molecule has 7 heteroatoms. The summed E-state index contributed by atoms with van der Waals surface area (Å²) in [6, 6.07) is 9.90. The molecule has 118 valence electrons. The molecule has 1 aromatic carbocycles. The molecular weight excluding hydrogens is 346 g/mol. The minimum atomic E-state index is 0.104. The lowest BCUT2D eigenvalue weighted by Crippen LogP contribution is -2.32. The maximum atomic E-state index is 12.8. The number of thioether (sulfide) groups is 1. The third-order valence-corrected chi connectivity index (χ3v) is 6.99.